The van der Waals surface area contributed by atoms with E-state index < -0.39 is 17.6 Å². The number of nitrogens with two attached hydrogens (primary N) is 1. The Hall–Kier alpha value is -1.55. The molecule has 0 heterocycles. The number of primary amides is 1. The second-order valence-electron chi connectivity index (χ2n) is 4.18. The normalized spacial score (nSPS) is 12.8. The van der Waals surface area contributed by atoms with Gasteiger partial charge in [-0.3, -0.25) is 9.59 Å². The molecule has 0 aliphatic carbocycles. The summed E-state index contributed by atoms with van der Waals surface area (Å²) in [6.07, 6.45) is 0.164. The monoisotopic (exact) mass is 288 g/mol. The quantitative estimate of drug-likeness (QED) is 0.798. The Morgan fingerprint density at radius 1 is 1.37 bits per heavy atom. The summed E-state index contributed by atoms with van der Waals surface area (Å²) in [5.74, 6) is -1.05. The van der Waals surface area contributed by atoms with E-state index in [9.17, 15) is 18.4 Å². The lowest BCUT2D eigenvalue weighted by Crippen LogP contribution is -2.44. The van der Waals surface area contributed by atoms with Crippen LogP contribution in [0.4, 0.5) is 8.78 Å². The van der Waals surface area contributed by atoms with E-state index in [2.05, 4.69) is 5.32 Å². The molecule has 0 bridgehead atoms. The highest BCUT2D eigenvalue weighted by Gasteiger charge is 2.24. The molecule has 0 fully saturated rings. The SMILES string of the molecule is CC(=O)NC(Cc1ccc(C(F)(F)P)cc1)C(N)=O. The first-order valence-electron chi connectivity index (χ1n) is 5.52. The van der Waals surface area contributed by atoms with Gasteiger partial charge in [-0.25, -0.2) is 0 Å². The van der Waals surface area contributed by atoms with Crippen molar-refractivity contribution in [2.75, 3.05) is 0 Å². The Labute approximate surface area is 111 Å². The summed E-state index contributed by atoms with van der Waals surface area (Å²) in [4.78, 5) is 22.1. The summed E-state index contributed by atoms with van der Waals surface area (Å²) in [6, 6.07) is 4.65. The molecule has 0 saturated heterocycles. The van der Waals surface area contributed by atoms with Crippen molar-refractivity contribution in [1.29, 1.82) is 0 Å². The zero-order chi connectivity index (χ0) is 14.6. The molecular weight excluding hydrogens is 273 g/mol. The van der Waals surface area contributed by atoms with Gasteiger partial charge in [0.2, 0.25) is 11.8 Å². The predicted molar refractivity (Wildman–Crippen MR) is 70.5 cm³/mol. The average Bonchev–Trinajstić information content (AvgIpc) is 2.27. The summed E-state index contributed by atoms with van der Waals surface area (Å²) in [5.41, 5.74) is 2.66. The molecule has 2 amide bonds. The van der Waals surface area contributed by atoms with Crippen molar-refractivity contribution in [1.82, 2.24) is 5.32 Å². The van der Waals surface area contributed by atoms with Gasteiger partial charge in [-0.2, -0.15) is 8.78 Å². The van der Waals surface area contributed by atoms with Gasteiger partial charge in [0.1, 0.15) is 6.04 Å². The van der Waals surface area contributed by atoms with Gasteiger partial charge in [-0.05, 0) is 5.56 Å². The molecule has 19 heavy (non-hydrogen) atoms. The lowest BCUT2D eigenvalue weighted by atomic mass is 10.0. The van der Waals surface area contributed by atoms with Gasteiger partial charge in [-0.15, -0.1) is 0 Å². The van der Waals surface area contributed by atoms with Gasteiger partial charge < -0.3 is 11.1 Å². The molecule has 1 aromatic carbocycles. The Balaban J connectivity index is 2.81. The van der Waals surface area contributed by atoms with Crippen molar-refractivity contribution >= 4 is 21.1 Å². The van der Waals surface area contributed by atoms with Crippen LogP contribution in [0, 0.1) is 0 Å². The lowest BCUT2D eigenvalue weighted by Gasteiger charge is -2.15. The number of hydrogen-bond donors (Lipinski definition) is 2. The maximum Gasteiger partial charge on any atom is 0.283 e. The van der Waals surface area contributed by atoms with Crippen LogP contribution in [0.1, 0.15) is 18.1 Å². The Kier molecular flexibility index (Phi) is 4.95. The molecule has 0 aliphatic heterocycles. The largest absolute Gasteiger partial charge is 0.368 e. The number of halogens is 2. The van der Waals surface area contributed by atoms with E-state index in [1.165, 1.54) is 40.4 Å². The van der Waals surface area contributed by atoms with Gasteiger partial charge in [0.25, 0.3) is 5.66 Å². The standard InChI is InChI=1S/C12H15F2N2O2P/c1-7(17)16-10(11(15)18)6-8-2-4-9(5-3-8)12(13,14)19/h2-5,10H,6,19H2,1H3,(H2,15,18)(H,16,17). The topological polar surface area (TPSA) is 72.2 Å². The molecule has 2 unspecified atom stereocenters. The minimum absolute atomic E-state index is 0.142. The first-order valence-corrected chi connectivity index (χ1v) is 6.10. The van der Waals surface area contributed by atoms with Crippen molar-refractivity contribution in [3.05, 3.63) is 35.4 Å². The van der Waals surface area contributed by atoms with Crippen LogP contribution in [0.15, 0.2) is 24.3 Å². The highest BCUT2D eigenvalue weighted by molar-refractivity contribution is 7.17. The highest BCUT2D eigenvalue weighted by atomic mass is 31.0. The number of rotatable bonds is 5. The van der Waals surface area contributed by atoms with E-state index in [-0.39, 0.29) is 17.9 Å². The molecule has 0 aliphatic rings. The van der Waals surface area contributed by atoms with Gasteiger partial charge in [-0.1, -0.05) is 33.5 Å². The van der Waals surface area contributed by atoms with E-state index >= 15 is 0 Å². The molecule has 1 rings (SSSR count). The summed E-state index contributed by atoms with van der Waals surface area (Å²) in [6.45, 7) is 1.27. The van der Waals surface area contributed by atoms with Gasteiger partial charge in [0.15, 0.2) is 0 Å². The zero-order valence-electron chi connectivity index (χ0n) is 10.3. The fourth-order valence-electron chi connectivity index (χ4n) is 1.57. The number of carbonyl (C=O) groups excluding carboxylic acids is 2. The Bertz CT molecular complexity index is 472. The molecule has 0 radical (unpaired) electrons. The predicted octanol–water partition coefficient (Wildman–Crippen LogP) is 1.14. The summed E-state index contributed by atoms with van der Waals surface area (Å²) in [5, 5.41) is 2.41. The Morgan fingerprint density at radius 3 is 2.26 bits per heavy atom. The van der Waals surface area contributed by atoms with Crippen LogP contribution in [-0.4, -0.2) is 17.9 Å². The van der Waals surface area contributed by atoms with Crippen LogP contribution in [0.5, 0.6) is 0 Å². The minimum atomic E-state index is -2.99. The van der Waals surface area contributed by atoms with E-state index in [4.69, 9.17) is 5.73 Å². The van der Waals surface area contributed by atoms with Gasteiger partial charge in [0.05, 0.1) is 0 Å². The molecule has 3 N–H and O–H groups in total. The van der Waals surface area contributed by atoms with Gasteiger partial charge in [0, 0.05) is 18.9 Å². The minimum Gasteiger partial charge on any atom is -0.368 e. The molecule has 2 atom stereocenters. The number of carbonyl (C=O) groups is 2. The lowest BCUT2D eigenvalue weighted by molar-refractivity contribution is -0.126. The third-order valence-corrected chi connectivity index (χ3v) is 2.83. The zero-order valence-corrected chi connectivity index (χ0v) is 11.5. The van der Waals surface area contributed by atoms with Crippen LogP contribution in [0.3, 0.4) is 0 Å². The number of alkyl halides is 2. The van der Waals surface area contributed by atoms with E-state index in [0.29, 0.717) is 5.56 Å². The number of amides is 2. The van der Waals surface area contributed by atoms with Crippen molar-refractivity contribution in [2.24, 2.45) is 5.73 Å². The molecule has 7 heteroatoms. The maximum absolute atomic E-state index is 13.0. The van der Waals surface area contributed by atoms with Crippen molar-refractivity contribution in [3.63, 3.8) is 0 Å². The summed E-state index contributed by atoms with van der Waals surface area (Å²) in [7, 11) is 1.45. The second-order valence-corrected chi connectivity index (χ2v) is 4.90. The molecule has 0 aromatic heterocycles. The van der Waals surface area contributed by atoms with E-state index in [0.717, 1.165) is 0 Å². The van der Waals surface area contributed by atoms with Crippen LogP contribution in [0.25, 0.3) is 0 Å². The first-order chi connectivity index (χ1) is 8.70. The molecule has 0 spiro atoms. The molecule has 1 aromatic rings. The van der Waals surface area contributed by atoms with Crippen molar-refractivity contribution < 1.29 is 18.4 Å². The molecular formula is C12H15F2N2O2P. The fourth-order valence-corrected chi connectivity index (χ4v) is 1.76. The third kappa shape index (κ3) is 4.91. The van der Waals surface area contributed by atoms with Crippen LogP contribution in [-0.2, 0) is 21.7 Å². The van der Waals surface area contributed by atoms with Crippen molar-refractivity contribution in [2.45, 2.75) is 25.1 Å². The smallest absolute Gasteiger partial charge is 0.283 e. The molecule has 104 valence electrons. The first kappa shape index (κ1) is 15.5. The van der Waals surface area contributed by atoms with E-state index in [1.807, 2.05) is 0 Å². The van der Waals surface area contributed by atoms with Crippen molar-refractivity contribution in [3.8, 4) is 0 Å². The second kappa shape index (κ2) is 6.06. The summed E-state index contributed by atoms with van der Waals surface area (Å²) < 4.78 is 26.0. The number of nitrogens with one attached hydrogen (secondary N) is 1. The third-order valence-electron chi connectivity index (χ3n) is 2.50. The van der Waals surface area contributed by atoms with Crippen LogP contribution in [0.2, 0.25) is 0 Å². The average molecular weight is 288 g/mol. The number of hydrogen-bond acceptors (Lipinski definition) is 2. The Morgan fingerprint density at radius 2 is 1.89 bits per heavy atom. The molecule has 0 saturated carbocycles. The van der Waals surface area contributed by atoms with Crippen LogP contribution < -0.4 is 11.1 Å². The fraction of sp³-hybridized carbons (Fsp3) is 0.333. The highest BCUT2D eigenvalue weighted by Crippen LogP contribution is 2.34. The molecule has 4 nitrogen and oxygen atoms in total. The van der Waals surface area contributed by atoms with E-state index in [1.54, 1.807) is 0 Å². The number of benzene rings is 1. The summed E-state index contributed by atoms with van der Waals surface area (Å²) >= 11 is 0. The van der Waals surface area contributed by atoms with Crippen LogP contribution >= 0.6 is 9.24 Å². The maximum atomic E-state index is 13.0. The van der Waals surface area contributed by atoms with Gasteiger partial charge >= 0.3 is 0 Å².